The van der Waals surface area contributed by atoms with E-state index in [-0.39, 0.29) is 43.5 Å². The summed E-state index contributed by atoms with van der Waals surface area (Å²) in [5.74, 6) is -1.91. The molecular formula is C39H49FN2O9S. The molecule has 13 heteroatoms. The Morgan fingerprint density at radius 3 is 2.33 bits per heavy atom. The second-order valence-corrected chi connectivity index (χ2v) is 15.8. The van der Waals surface area contributed by atoms with Gasteiger partial charge in [-0.15, -0.1) is 0 Å². The van der Waals surface area contributed by atoms with Crippen LogP contribution in [0.1, 0.15) is 93.8 Å². The van der Waals surface area contributed by atoms with E-state index in [0.717, 1.165) is 48.8 Å². The van der Waals surface area contributed by atoms with Crippen LogP contribution in [0.2, 0.25) is 0 Å². The maximum atomic E-state index is 13.8. The number of carbonyl (C=O) groups is 3. The van der Waals surface area contributed by atoms with E-state index < -0.39 is 51.3 Å². The number of benzene rings is 3. The van der Waals surface area contributed by atoms with Crippen molar-refractivity contribution in [2.45, 2.75) is 90.4 Å². The first-order chi connectivity index (χ1) is 24.6. The van der Waals surface area contributed by atoms with Gasteiger partial charge in [-0.1, -0.05) is 48.9 Å². The third kappa shape index (κ3) is 12.9. The molecule has 1 fully saturated rings. The van der Waals surface area contributed by atoms with Crippen LogP contribution < -0.4 is 9.46 Å². The second-order valence-electron chi connectivity index (χ2n) is 14.0. The summed E-state index contributed by atoms with van der Waals surface area (Å²) in [5.41, 5.74) is 2.19. The molecule has 0 bridgehead atoms. The minimum absolute atomic E-state index is 0.0401. The molecule has 0 radical (unpaired) electrons. The largest absolute Gasteiger partial charge is 0.490 e. The molecule has 282 valence electrons. The Morgan fingerprint density at radius 1 is 0.981 bits per heavy atom. The summed E-state index contributed by atoms with van der Waals surface area (Å²) < 4.78 is 57.9. The molecule has 0 heterocycles. The van der Waals surface area contributed by atoms with Gasteiger partial charge in [0.2, 0.25) is 10.0 Å². The zero-order valence-electron chi connectivity index (χ0n) is 30.2. The van der Waals surface area contributed by atoms with E-state index in [2.05, 4.69) is 4.72 Å². The first-order valence-electron chi connectivity index (χ1n) is 17.6. The lowest BCUT2D eigenvalue weighted by Crippen LogP contribution is -2.40. The summed E-state index contributed by atoms with van der Waals surface area (Å²) in [6.07, 6.45) is 3.43. The highest BCUT2D eigenvalue weighted by Crippen LogP contribution is 2.31. The van der Waals surface area contributed by atoms with Gasteiger partial charge in [0.1, 0.15) is 17.2 Å². The molecule has 0 aromatic heterocycles. The third-order valence-electron chi connectivity index (χ3n) is 8.42. The zero-order chi connectivity index (χ0) is 37.9. The van der Waals surface area contributed by atoms with Crippen LogP contribution >= 0.6 is 0 Å². The summed E-state index contributed by atoms with van der Waals surface area (Å²) in [4.78, 5) is 38.7. The molecule has 1 aliphatic rings. The third-order valence-corrected chi connectivity index (χ3v) is 9.74. The topological polar surface area (TPSA) is 149 Å². The molecule has 4 rings (SSSR count). The first-order valence-corrected chi connectivity index (χ1v) is 19.2. The summed E-state index contributed by atoms with van der Waals surface area (Å²) in [7, 11) is -4.00. The lowest BCUT2D eigenvalue weighted by molar-refractivity contribution is -0.140. The molecule has 0 spiro atoms. The number of halogens is 1. The van der Waals surface area contributed by atoms with Crippen LogP contribution in [0.5, 0.6) is 5.75 Å². The quantitative estimate of drug-likeness (QED) is 0.128. The van der Waals surface area contributed by atoms with Crippen LogP contribution in [-0.2, 0) is 30.7 Å². The number of rotatable bonds is 15. The van der Waals surface area contributed by atoms with E-state index in [0.29, 0.717) is 12.0 Å². The Balaban J connectivity index is 1.49. The molecular weight excluding hydrogens is 691 g/mol. The maximum absolute atomic E-state index is 13.8. The molecule has 52 heavy (non-hydrogen) atoms. The van der Waals surface area contributed by atoms with Gasteiger partial charge in [0.25, 0.3) is 5.91 Å². The number of ether oxygens (including phenoxy) is 3. The molecule has 1 atom stereocenters. The monoisotopic (exact) mass is 740 g/mol. The molecule has 2 amide bonds. The minimum atomic E-state index is -4.00. The Hall–Kier alpha value is -4.49. The number of hydrogen-bond acceptors (Lipinski definition) is 9. The highest BCUT2D eigenvalue weighted by atomic mass is 32.2. The van der Waals surface area contributed by atoms with Crippen LogP contribution in [0.4, 0.5) is 9.18 Å². The van der Waals surface area contributed by atoms with Gasteiger partial charge in [0.15, 0.2) is 0 Å². The van der Waals surface area contributed by atoms with Gasteiger partial charge in [-0.25, -0.2) is 22.3 Å². The lowest BCUT2D eigenvalue weighted by atomic mass is 9.97. The second kappa shape index (κ2) is 18.3. The Morgan fingerprint density at radius 2 is 1.67 bits per heavy atom. The molecule has 3 aromatic carbocycles. The van der Waals surface area contributed by atoms with E-state index in [1.807, 2.05) is 24.3 Å². The maximum Gasteiger partial charge on any atom is 0.410 e. The average Bonchev–Trinajstić information content (AvgIpc) is 3.08. The Labute approximate surface area is 305 Å². The van der Waals surface area contributed by atoms with E-state index in [1.54, 1.807) is 45.0 Å². The van der Waals surface area contributed by atoms with E-state index >= 15 is 0 Å². The van der Waals surface area contributed by atoms with Crippen LogP contribution in [0.25, 0.3) is 11.1 Å². The van der Waals surface area contributed by atoms with Crippen molar-refractivity contribution < 1.29 is 46.5 Å². The molecule has 0 aliphatic heterocycles. The van der Waals surface area contributed by atoms with Gasteiger partial charge in [-0.05, 0) is 106 Å². The highest BCUT2D eigenvalue weighted by molar-refractivity contribution is 7.90. The van der Waals surface area contributed by atoms with Crippen LogP contribution in [0.3, 0.4) is 0 Å². The van der Waals surface area contributed by atoms with Gasteiger partial charge in [0.05, 0.1) is 36.7 Å². The fourth-order valence-corrected chi connectivity index (χ4v) is 6.79. The molecule has 0 unspecified atom stereocenters. The van der Waals surface area contributed by atoms with Crippen LogP contribution in [0, 0.1) is 5.82 Å². The number of carbonyl (C=O) groups excluding carboxylic acids is 3. The predicted octanol–water partition coefficient (Wildman–Crippen LogP) is 6.73. The smallest absolute Gasteiger partial charge is 0.410 e. The molecule has 1 aliphatic carbocycles. The van der Waals surface area contributed by atoms with E-state index in [4.69, 9.17) is 14.2 Å². The fraction of sp³-hybridized carbons (Fsp3) is 0.462. The van der Waals surface area contributed by atoms with Crippen molar-refractivity contribution in [2.75, 3.05) is 25.4 Å². The highest BCUT2D eigenvalue weighted by Gasteiger charge is 2.26. The van der Waals surface area contributed by atoms with Crippen molar-refractivity contribution in [1.82, 2.24) is 9.62 Å². The number of aliphatic hydroxyl groups excluding tert-OH is 1. The molecule has 2 N–H and O–H groups in total. The average molecular weight is 741 g/mol. The van der Waals surface area contributed by atoms with Gasteiger partial charge in [-0.3, -0.25) is 9.59 Å². The van der Waals surface area contributed by atoms with Crippen molar-refractivity contribution in [3.63, 3.8) is 0 Å². The first kappa shape index (κ1) is 40.3. The number of nitrogens with zero attached hydrogens (tertiary/aromatic N) is 1. The number of amides is 2. The summed E-state index contributed by atoms with van der Waals surface area (Å²) >= 11 is 0. The van der Waals surface area contributed by atoms with Crippen molar-refractivity contribution in [3.05, 3.63) is 89.2 Å². The lowest BCUT2D eigenvalue weighted by Gasteiger charge is -2.29. The normalized spacial score (nSPS) is 14.3. The number of nitrogens with one attached hydrogen (secondary N) is 1. The molecule has 1 saturated carbocycles. The number of hydrogen-bond donors (Lipinski definition) is 2. The standard InChI is InChI=1S/C39H49FN2O9S/c1-27(43)49-22-9-23-52(47,48)41-37(45)34-19-18-30(25-36(34)50-33-12-6-5-7-13-33)29-16-14-28(15-17-29)20-21-42(38(46)51-39(2,3)4)26-35(44)31-10-8-11-32(40)24-31/h8,10-11,14-19,24-25,33,35,44H,5-7,9,12-13,20-23,26H2,1-4H3,(H,41,45)/t35-/m0/s1. The van der Waals surface area contributed by atoms with Crippen molar-refractivity contribution in [3.8, 4) is 16.9 Å². The van der Waals surface area contributed by atoms with Crippen molar-refractivity contribution >= 4 is 28.0 Å². The van der Waals surface area contributed by atoms with Gasteiger partial charge >= 0.3 is 12.1 Å². The minimum Gasteiger partial charge on any atom is -0.490 e. The van der Waals surface area contributed by atoms with Gasteiger partial charge < -0.3 is 24.2 Å². The zero-order valence-corrected chi connectivity index (χ0v) is 31.0. The molecule has 11 nitrogen and oxygen atoms in total. The van der Waals surface area contributed by atoms with E-state index in [1.165, 1.54) is 30.0 Å². The summed E-state index contributed by atoms with van der Waals surface area (Å²) in [6, 6.07) is 18.3. The number of aliphatic hydroxyl groups is 1. The number of esters is 1. The SMILES string of the molecule is CC(=O)OCCCS(=O)(=O)NC(=O)c1ccc(-c2ccc(CCN(C[C@H](O)c3cccc(F)c3)C(=O)OC(C)(C)C)cc2)cc1OC1CCCCC1. The molecule has 3 aromatic rings. The predicted molar refractivity (Wildman–Crippen MR) is 195 cm³/mol. The van der Waals surface area contributed by atoms with Gasteiger partial charge in [0, 0.05) is 13.5 Å². The van der Waals surface area contributed by atoms with Crippen LogP contribution in [0.15, 0.2) is 66.7 Å². The summed E-state index contributed by atoms with van der Waals surface area (Å²) in [6.45, 7) is 6.58. The Kier molecular flexibility index (Phi) is 14.2. The van der Waals surface area contributed by atoms with Crippen LogP contribution in [-0.4, -0.2) is 73.5 Å². The van der Waals surface area contributed by atoms with E-state index in [9.17, 15) is 32.3 Å². The fourth-order valence-electron chi connectivity index (χ4n) is 5.80. The number of sulfonamides is 1. The van der Waals surface area contributed by atoms with Gasteiger partial charge in [-0.2, -0.15) is 0 Å². The Bertz CT molecular complexity index is 1790. The van der Waals surface area contributed by atoms with Crippen molar-refractivity contribution in [1.29, 1.82) is 0 Å². The van der Waals surface area contributed by atoms with Crippen molar-refractivity contribution in [2.24, 2.45) is 0 Å². The molecule has 0 saturated heterocycles. The summed E-state index contributed by atoms with van der Waals surface area (Å²) in [5, 5.41) is 10.8.